The minimum atomic E-state index is -0.572. The molecule has 2 rings (SSSR count). The molecule has 2 N–H and O–H groups in total. The second-order valence-corrected chi connectivity index (χ2v) is 5.12. The van der Waals surface area contributed by atoms with Gasteiger partial charge in [0.2, 0.25) is 0 Å². The summed E-state index contributed by atoms with van der Waals surface area (Å²) in [5.41, 5.74) is 1.33. The largest absolute Gasteiger partial charge is 0.508 e. The number of phenolic OH excluding ortho intramolecular Hbond substituents is 1. The Morgan fingerprint density at radius 2 is 2.11 bits per heavy atom. The minimum absolute atomic E-state index is 0.232. The highest BCUT2D eigenvalue weighted by atomic mass is 16.5. The summed E-state index contributed by atoms with van der Waals surface area (Å²) >= 11 is 0. The number of fused-ring (bicyclic) bond motifs is 1. The lowest BCUT2D eigenvalue weighted by Crippen LogP contribution is -2.28. The van der Waals surface area contributed by atoms with Gasteiger partial charge in [-0.25, -0.2) is 0 Å². The van der Waals surface area contributed by atoms with Gasteiger partial charge in [-0.2, -0.15) is 0 Å². The second-order valence-electron chi connectivity index (χ2n) is 5.12. The third-order valence-corrected chi connectivity index (χ3v) is 3.03. The number of aromatic amines is 1. The Balaban J connectivity index is 2.30. The number of hydrogen-bond acceptors (Lipinski definition) is 3. The molecule has 96 valence electrons. The quantitative estimate of drug-likeness (QED) is 0.819. The molecule has 0 spiro atoms. The van der Waals surface area contributed by atoms with Crippen LogP contribution in [0.3, 0.4) is 0 Å². The smallest absolute Gasteiger partial charge is 0.311 e. The van der Waals surface area contributed by atoms with E-state index in [4.69, 9.17) is 4.74 Å². The molecule has 0 aliphatic heterocycles. The Morgan fingerprint density at radius 3 is 2.78 bits per heavy atom. The van der Waals surface area contributed by atoms with Crippen molar-refractivity contribution in [2.75, 3.05) is 7.11 Å². The van der Waals surface area contributed by atoms with Crippen molar-refractivity contribution in [3.05, 3.63) is 30.0 Å². The number of esters is 1. The summed E-state index contributed by atoms with van der Waals surface area (Å²) < 4.78 is 4.79. The number of aromatic hydroxyl groups is 1. The van der Waals surface area contributed by atoms with Gasteiger partial charge in [-0.1, -0.05) is 0 Å². The molecule has 2 aromatic rings. The maximum absolute atomic E-state index is 11.6. The van der Waals surface area contributed by atoms with Gasteiger partial charge in [0.25, 0.3) is 0 Å². The third-order valence-electron chi connectivity index (χ3n) is 3.03. The van der Waals surface area contributed by atoms with Gasteiger partial charge in [-0.05, 0) is 38.1 Å². The number of H-pyrrole nitrogens is 1. The van der Waals surface area contributed by atoms with Crippen LogP contribution in [0.4, 0.5) is 0 Å². The van der Waals surface area contributed by atoms with Crippen LogP contribution < -0.4 is 0 Å². The molecule has 0 radical (unpaired) electrons. The maximum atomic E-state index is 11.6. The van der Waals surface area contributed by atoms with E-state index >= 15 is 0 Å². The van der Waals surface area contributed by atoms with Crippen molar-refractivity contribution in [2.24, 2.45) is 5.41 Å². The maximum Gasteiger partial charge on any atom is 0.311 e. The first-order valence-corrected chi connectivity index (χ1v) is 5.81. The second kappa shape index (κ2) is 4.37. The molecule has 0 unspecified atom stereocenters. The van der Waals surface area contributed by atoms with Crippen LogP contribution in [0.5, 0.6) is 5.75 Å². The molecule has 18 heavy (non-hydrogen) atoms. The van der Waals surface area contributed by atoms with Gasteiger partial charge in [0.15, 0.2) is 0 Å². The Bertz CT molecular complexity index is 584. The van der Waals surface area contributed by atoms with Gasteiger partial charge in [0.1, 0.15) is 5.75 Å². The number of ether oxygens (including phenoxy) is 1. The fraction of sp³-hybridized carbons (Fsp3) is 0.357. The van der Waals surface area contributed by atoms with Gasteiger partial charge in [-0.15, -0.1) is 0 Å². The third kappa shape index (κ3) is 2.32. The topological polar surface area (TPSA) is 62.3 Å². The van der Waals surface area contributed by atoms with Gasteiger partial charge < -0.3 is 14.8 Å². The molecule has 0 saturated heterocycles. The monoisotopic (exact) mass is 247 g/mol. The fourth-order valence-electron chi connectivity index (χ4n) is 2.10. The van der Waals surface area contributed by atoms with Crippen molar-refractivity contribution < 1.29 is 14.6 Å². The van der Waals surface area contributed by atoms with Crippen molar-refractivity contribution in [1.82, 2.24) is 4.98 Å². The normalized spacial score (nSPS) is 11.7. The van der Waals surface area contributed by atoms with E-state index in [1.165, 1.54) is 7.11 Å². The Labute approximate surface area is 106 Å². The number of phenols is 1. The summed E-state index contributed by atoms with van der Waals surface area (Å²) in [6, 6.07) is 7.09. The number of hydrogen-bond donors (Lipinski definition) is 2. The number of aromatic nitrogens is 1. The zero-order valence-electron chi connectivity index (χ0n) is 10.8. The standard InChI is InChI=1S/C14H17NO3/c1-14(2,13(17)18-3)8-10-6-9-7-11(16)4-5-12(9)15-10/h4-7,15-16H,8H2,1-3H3. The molecule has 0 amide bonds. The summed E-state index contributed by atoms with van der Waals surface area (Å²) in [5, 5.41) is 10.3. The first-order valence-electron chi connectivity index (χ1n) is 5.81. The molecule has 4 heteroatoms. The molecule has 0 aliphatic rings. The van der Waals surface area contributed by atoms with Crippen LogP contribution in [0.1, 0.15) is 19.5 Å². The van der Waals surface area contributed by atoms with Crippen molar-refractivity contribution in [1.29, 1.82) is 0 Å². The average molecular weight is 247 g/mol. The summed E-state index contributed by atoms with van der Waals surface area (Å²) in [4.78, 5) is 14.9. The first kappa shape index (κ1) is 12.5. The van der Waals surface area contributed by atoms with E-state index in [1.54, 1.807) is 12.1 Å². The molecule has 1 heterocycles. The van der Waals surface area contributed by atoms with Crippen molar-refractivity contribution in [3.8, 4) is 5.75 Å². The predicted molar refractivity (Wildman–Crippen MR) is 69.5 cm³/mol. The van der Waals surface area contributed by atoms with Crippen LogP contribution in [-0.4, -0.2) is 23.2 Å². The highest BCUT2D eigenvalue weighted by molar-refractivity contribution is 5.82. The molecule has 0 saturated carbocycles. The molecule has 1 aromatic heterocycles. The molecule has 0 fully saturated rings. The summed E-state index contributed by atoms with van der Waals surface area (Å²) in [7, 11) is 1.40. The van der Waals surface area contributed by atoms with Crippen LogP contribution in [0.2, 0.25) is 0 Å². The predicted octanol–water partition coefficient (Wildman–Crippen LogP) is 2.62. The van der Waals surface area contributed by atoms with Crippen LogP contribution in [-0.2, 0) is 16.0 Å². The molecule has 0 atom stereocenters. The number of rotatable bonds is 3. The van der Waals surface area contributed by atoms with Crippen LogP contribution in [0.15, 0.2) is 24.3 Å². The van der Waals surface area contributed by atoms with Crippen molar-refractivity contribution >= 4 is 16.9 Å². The number of carbonyl (C=O) groups is 1. The van der Waals surface area contributed by atoms with Crippen molar-refractivity contribution in [3.63, 3.8) is 0 Å². The van der Waals surface area contributed by atoms with E-state index < -0.39 is 5.41 Å². The Kier molecular flexibility index (Phi) is 3.03. The number of benzene rings is 1. The van der Waals surface area contributed by atoms with E-state index in [1.807, 2.05) is 26.0 Å². The Morgan fingerprint density at radius 1 is 1.39 bits per heavy atom. The van der Waals surface area contributed by atoms with Gasteiger partial charge in [0, 0.05) is 23.0 Å². The van der Waals surface area contributed by atoms with Crippen LogP contribution >= 0.6 is 0 Å². The Hall–Kier alpha value is -1.97. The average Bonchev–Trinajstić information content (AvgIpc) is 2.68. The van der Waals surface area contributed by atoms with E-state index in [0.29, 0.717) is 6.42 Å². The number of methoxy groups -OCH3 is 1. The number of carbonyl (C=O) groups excluding carboxylic acids is 1. The van der Waals surface area contributed by atoms with Gasteiger partial charge in [-0.3, -0.25) is 4.79 Å². The lowest BCUT2D eigenvalue weighted by Gasteiger charge is -2.20. The molecule has 1 aromatic carbocycles. The highest BCUT2D eigenvalue weighted by Gasteiger charge is 2.29. The van der Waals surface area contributed by atoms with E-state index in [0.717, 1.165) is 16.6 Å². The van der Waals surface area contributed by atoms with Gasteiger partial charge >= 0.3 is 5.97 Å². The summed E-state index contributed by atoms with van der Waals surface area (Å²) in [6.45, 7) is 3.70. The minimum Gasteiger partial charge on any atom is -0.508 e. The lowest BCUT2D eigenvalue weighted by molar-refractivity contribution is -0.150. The lowest BCUT2D eigenvalue weighted by atomic mass is 9.88. The molecular formula is C14H17NO3. The van der Waals surface area contributed by atoms with Gasteiger partial charge in [0.05, 0.1) is 12.5 Å². The zero-order valence-corrected chi connectivity index (χ0v) is 10.8. The van der Waals surface area contributed by atoms with Crippen molar-refractivity contribution in [2.45, 2.75) is 20.3 Å². The van der Waals surface area contributed by atoms with E-state index in [9.17, 15) is 9.90 Å². The summed E-state index contributed by atoms with van der Waals surface area (Å²) in [6.07, 6.45) is 0.565. The van der Waals surface area contributed by atoms with E-state index in [-0.39, 0.29) is 11.7 Å². The first-order chi connectivity index (χ1) is 8.42. The zero-order chi connectivity index (χ0) is 13.3. The molecule has 4 nitrogen and oxygen atoms in total. The van der Waals surface area contributed by atoms with E-state index in [2.05, 4.69) is 4.98 Å². The molecule has 0 bridgehead atoms. The molecule has 0 aliphatic carbocycles. The fourth-order valence-corrected chi connectivity index (χ4v) is 2.10. The van der Waals surface area contributed by atoms with Crippen LogP contribution in [0.25, 0.3) is 10.9 Å². The SMILES string of the molecule is COC(=O)C(C)(C)Cc1cc2cc(O)ccc2[nH]1. The summed E-state index contributed by atoms with van der Waals surface area (Å²) in [5.74, 6) is 0.00396. The highest BCUT2D eigenvalue weighted by Crippen LogP contribution is 2.26. The molecular weight excluding hydrogens is 230 g/mol. The number of nitrogens with one attached hydrogen (secondary N) is 1. The van der Waals surface area contributed by atoms with Crippen LogP contribution in [0, 0.1) is 5.41 Å².